The molecular formula is C17H25N3O. The number of benzene rings is 1. The summed E-state index contributed by atoms with van der Waals surface area (Å²) in [5.74, 6) is 0. The van der Waals surface area contributed by atoms with Crippen LogP contribution < -0.4 is 0 Å². The molecule has 21 heavy (non-hydrogen) atoms. The molecule has 114 valence electrons. The van der Waals surface area contributed by atoms with Crippen LogP contribution >= 0.6 is 0 Å². The van der Waals surface area contributed by atoms with Gasteiger partial charge in [-0.2, -0.15) is 5.10 Å². The monoisotopic (exact) mass is 287 g/mol. The molecule has 0 bridgehead atoms. The average Bonchev–Trinajstić information content (AvgIpc) is 2.98. The number of hydrogen-bond acceptors (Lipinski definition) is 3. The lowest BCUT2D eigenvalue weighted by Crippen LogP contribution is -2.36. The highest BCUT2D eigenvalue weighted by Crippen LogP contribution is 2.14. The quantitative estimate of drug-likeness (QED) is 0.811. The molecule has 4 nitrogen and oxygen atoms in total. The Morgan fingerprint density at radius 3 is 2.52 bits per heavy atom. The van der Waals surface area contributed by atoms with Crippen LogP contribution in [0, 0.1) is 0 Å². The molecule has 0 aliphatic carbocycles. The summed E-state index contributed by atoms with van der Waals surface area (Å²) in [6.45, 7) is 6.14. The maximum Gasteiger partial charge on any atom is 0.0645 e. The van der Waals surface area contributed by atoms with Gasteiger partial charge in [0.1, 0.15) is 0 Å². The van der Waals surface area contributed by atoms with Crippen LogP contribution in [0.1, 0.15) is 32.3 Å². The Morgan fingerprint density at radius 2 is 1.90 bits per heavy atom. The Hall–Kier alpha value is -1.65. The Labute approximate surface area is 127 Å². The first kappa shape index (κ1) is 15.7. The lowest BCUT2D eigenvalue weighted by Gasteiger charge is -2.29. The van der Waals surface area contributed by atoms with E-state index >= 15 is 0 Å². The summed E-state index contributed by atoms with van der Waals surface area (Å²) >= 11 is 0. The van der Waals surface area contributed by atoms with E-state index < -0.39 is 0 Å². The minimum Gasteiger partial charge on any atom is -0.395 e. The Bertz CT molecular complexity index is 520. The first-order valence-corrected chi connectivity index (χ1v) is 7.72. The van der Waals surface area contributed by atoms with Crippen molar-refractivity contribution in [3.8, 4) is 5.69 Å². The number of nitrogens with zero attached hydrogens (tertiary/aromatic N) is 3. The van der Waals surface area contributed by atoms with Crippen LogP contribution in [0.2, 0.25) is 0 Å². The smallest absolute Gasteiger partial charge is 0.0645 e. The van der Waals surface area contributed by atoms with E-state index in [0.717, 1.165) is 25.1 Å². The van der Waals surface area contributed by atoms with Crippen molar-refractivity contribution in [3.05, 3.63) is 48.3 Å². The molecule has 0 saturated heterocycles. The predicted octanol–water partition coefficient (Wildman–Crippen LogP) is 2.86. The van der Waals surface area contributed by atoms with E-state index in [-0.39, 0.29) is 6.61 Å². The summed E-state index contributed by atoms with van der Waals surface area (Å²) in [5, 5.41) is 13.7. The van der Waals surface area contributed by atoms with Gasteiger partial charge in [0, 0.05) is 30.9 Å². The lowest BCUT2D eigenvalue weighted by atomic mass is 10.1. The minimum absolute atomic E-state index is 0.198. The van der Waals surface area contributed by atoms with Crippen molar-refractivity contribution in [1.29, 1.82) is 0 Å². The number of rotatable bonds is 8. The zero-order chi connectivity index (χ0) is 15.1. The molecule has 0 aliphatic heterocycles. The van der Waals surface area contributed by atoms with Gasteiger partial charge < -0.3 is 5.11 Å². The van der Waals surface area contributed by atoms with Gasteiger partial charge in [-0.15, -0.1) is 0 Å². The van der Waals surface area contributed by atoms with Crippen LogP contribution in [0.15, 0.2) is 42.7 Å². The van der Waals surface area contributed by atoms with Crippen LogP contribution in [-0.4, -0.2) is 39.0 Å². The van der Waals surface area contributed by atoms with E-state index in [9.17, 15) is 5.11 Å². The first-order valence-electron chi connectivity index (χ1n) is 7.72. The first-order chi connectivity index (χ1) is 10.3. The van der Waals surface area contributed by atoms with Gasteiger partial charge in [-0.25, -0.2) is 4.68 Å². The molecule has 0 saturated carbocycles. The topological polar surface area (TPSA) is 41.3 Å². The molecule has 0 atom stereocenters. The Kier molecular flexibility index (Phi) is 5.96. The molecule has 2 rings (SSSR count). The van der Waals surface area contributed by atoms with Crippen molar-refractivity contribution >= 4 is 0 Å². The lowest BCUT2D eigenvalue weighted by molar-refractivity contribution is 0.136. The molecule has 1 heterocycles. The number of hydrogen-bond donors (Lipinski definition) is 1. The normalized spacial score (nSPS) is 11.5. The van der Waals surface area contributed by atoms with Crippen molar-refractivity contribution in [3.63, 3.8) is 0 Å². The summed E-state index contributed by atoms with van der Waals surface area (Å²) < 4.78 is 1.90. The highest BCUT2D eigenvalue weighted by Gasteiger charge is 2.15. The Balaban J connectivity index is 2.09. The molecule has 0 radical (unpaired) electrons. The molecule has 0 unspecified atom stereocenters. The van der Waals surface area contributed by atoms with Crippen LogP contribution in [-0.2, 0) is 6.54 Å². The third kappa shape index (κ3) is 4.16. The third-order valence-corrected chi connectivity index (χ3v) is 3.89. The van der Waals surface area contributed by atoms with Crippen LogP contribution in [0.3, 0.4) is 0 Å². The molecule has 1 N–H and O–H groups in total. The SMILES string of the molecule is CCC(CC)N(CCO)Cc1cnn(-c2ccccc2)c1. The zero-order valence-corrected chi connectivity index (χ0v) is 12.9. The largest absolute Gasteiger partial charge is 0.395 e. The van der Waals surface area contributed by atoms with Gasteiger partial charge in [-0.05, 0) is 25.0 Å². The van der Waals surface area contributed by atoms with E-state index in [1.165, 1.54) is 5.56 Å². The van der Waals surface area contributed by atoms with E-state index in [2.05, 4.69) is 30.0 Å². The van der Waals surface area contributed by atoms with Crippen LogP contribution in [0.5, 0.6) is 0 Å². The van der Waals surface area contributed by atoms with E-state index in [1.54, 1.807) is 0 Å². The maximum absolute atomic E-state index is 9.28. The van der Waals surface area contributed by atoms with Crippen molar-refractivity contribution in [2.75, 3.05) is 13.2 Å². The van der Waals surface area contributed by atoms with E-state index in [1.807, 2.05) is 41.2 Å². The van der Waals surface area contributed by atoms with E-state index in [0.29, 0.717) is 12.6 Å². The Morgan fingerprint density at radius 1 is 1.19 bits per heavy atom. The van der Waals surface area contributed by atoms with Gasteiger partial charge in [-0.1, -0.05) is 32.0 Å². The maximum atomic E-state index is 9.28. The summed E-state index contributed by atoms with van der Waals surface area (Å²) in [6.07, 6.45) is 6.19. The van der Waals surface area contributed by atoms with E-state index in [4.69, 9.17) is 0 Å². The fraction of sp³-hybridized carbons (Fsp3) is 0.471. The van der Waals surface area contributed by atoms with Crippen molar-refractivity contribution in [1.82, 2.24) is 14.7 Å². The molecule has 1 aromatic carbocycles. The average molecular weight is 287 g/mol. The van der Waals surface area contributed by atoms with Gasteiger partial charge in [0.15, 0.2) is 0 Å². The second kappa shape index (κ2) is 7.96. The van der Waals surface area contributed by atoms with Gasteiger partial charge in [0.05, 0.1) is 18.5 Å². The van der Waals surface area contributed by atoms with Gasteiger partial charge in [-0.3, -0.25) is 4.90 Å². The summed E-state index contributed by atoms with van der Waals surface area (Å²) in [7, 11) is 0. The number of aliphatic hydroxyl groups is 1. The summed E-state index contributed by atoms with van der Waals surface area (Å²) in [5.41, 5.74) is 2.25. The van der Waals surface area contributed by atoms with Crippen molar-refractivity contribution < 1.29 is 5.11 Å². The molecule has 1 aromatic heterocycles. The van der Waals surface area contributed by atoms with Crippen molar-refractivity contribution in [2.45, 2.75) is 39.3 Å². The zero-order valence-electron chi connectivity index (χ0n) is 12.9. The second-order valence-electron chi connectivity index (χ2n) is 5.29. The predicted molar refractivity (Wildman–Crippen MR) is 85.4 cm³/mol. The molecule has 2 aromatic rings. The second-order valence-corrected chi connectivity index (χ2v) is 5.29. The third-order valence-electron chi connectivity index (χ3n) is 3.89. The van der Waals surface area contributed by atoms with Crippen molar-refractivity contribution in [2.24, 2.45) is 0 Å². The highest BCUT2D eigenvalue weighted by atomic mass is 16.3. The molecule has 4 heteroatoms. The molecule has 0 aliphatic rings. The summed E-state index contributed by atoms with van der Waals surface area (Å²) in [4.78, 5) is 2.34. The molecular weight excluding hydrogens is 262 g/mol. The number of aliphatic hydroxyl groups excluding tert-OH is 1. The van der Waals surface area contributed by atoms with Gasteiger partial charge >= 0.3 is 0 Å². The number of aromatic nitrogens is 2. The number of para-hydroxylation sites is 1. The van der Waals surface area contributed by atoms with Crippen LogP contribution in [0.25, 0.3) is 5.69 Å². The van der Waals surface area contributed by atoms with Crippen LogP contribution in [0.4, 0.5) is 0 Å². The molecule has 0 spiro atoms. The fourth-order valence-electron chi connectivity index (χ4n) is 2.72. The molecule has 0 fully saturated rings. The fourth-order valence-corrected chi connectivity index (χ4v) is 2.72. The highest BCUT2D eigenvalue weighted by molar-refractivity contribution is 5.30. The van der Waals surface area contributed by atoms with Gasteiger partial charge in [0.2, 0.25) is 0 Å². The van der Waals surface area contributed by atoms with Gasteiger partial charge in [0.25, 0.3) is 0 Å². The minimum atomic E-state index is 0.198. The summed E-state index contributed by atoms with van der Waals surface area (Å²) in [6, 6.07) is 10.6. The molecule has 0 amide bonds. The standard InChI is InChI=1S/C17H25N3O/c1-3-16(4-2)19(10-11-21)13-15-12-18-20(14-15)17-8-6-5-7-9-17/h5-9,12,14,16,21H,3-4,10-11,13H2,1-2H3.